The Morgan fingerprint density at radius 2 is 1.56 bits per heavy atom. The standard InChI is InChI=1S/C24H23FN6.ClH/c25-21-8-6-18(7-9-21)22-24(27-11-10-26-22)31-14-12-30(13-15-31)23(20-16-28-29-17-20)19-4-2-1-3-5-19;/h1-11,16-17,23H,12-15H2,(H,28,29);1H. The van der Waals surface area contributed by atoms with E-state index in [0.717, 1.165) is 48.8 Å². The summed E-state index contributed by atoms with van der Waals surface area (Å²) in [6.45, 7) is 3.41. The van der Waals surface area contributed by atoms with Gasteiger partial charge in [-0.3, -0.25) is 15.0 Å². The van der Waals surface area contributed by atoms with Gasteiger partial charge >= 0.3 is 0 Å². The van der Waals surface area contributed by atoms with Crippen LogP contribution in [0.3, 0.4) is 0 Å². The first-order valence-electron chi connectivity index (χ1n) is 10.4. The monoisotopic (exact) mass is 450 g/mol. The zero-order valence-electron chi connectivity index (χ0n) is 17.4. The van der Waals surface area contributed by atoms with E-state index in [-0.39, 0.29) is 24.3 Å². The van der Waals surface area contributed by atoms with Gasteiger partial charge in [0.25, 0.3) is 0 Å². The first-order valence-corrected chi connectivity index (χ1v) is 10.4. The molecule has 1 fully saturated rings. The third kappa shape index (κ3) is 4.49. The highest BCUT2D eigenvalue weighted by Crippen LogP contribution is 2.31. The zero-order chi connectivity index (χ0) is 21.0. The van der Waals surface area contributed by atoms with E-state index in [1.165, 1.54) is 17.7 Å². The van der Waals surface area contributed by atoms with Gasteiger partial charge in [-0.1, -0.05) is 30.3 Å². The molecular formula is C24H24ClFN6. The van der Waals surface area contributed by atoms with Crippen molar-refractivity contribution in [1.82, 2.24) is 25.1 Å². The molecule has 1 N–H and O–H groups in total. The Bertz CT molecular complexity index is 1110. The molecule has 5 rings (SSSR count). The van der Waals surface area contributed by atoms with Crippen molar-refractivity contribution in [2.24, 2.45) is 0 Å². The molecule has 0 bridgehead atoms. The number of benzene rings is 2. The first kappa shape index (κ1) is 21.9. The topological polar surface area (TPSA) is 60.9 Å². The molecule has 164 valence electrons. The highest BCUT2D eigenvalue weighted by molar-refractivity contribution is 5.85. The number of aromatic nitrogens is 4. The smallest absolute Gasteiger partial charge is 0.155 e. The van der Waals surface area contributed by atoms with Gasteiger partial charge < -0.3 is 4.90 Å². The lowest BCUT2D eigenvalue weighted by atomic mass is 9.99. The van der Waals surface area contributed by atoms with Gasteiger partial charge in [0.2, 0.25) is 0 Å². The van der Waals surface area contributed by atoms with Crippen molar-refractivity contribution in [3.8, 4) is 11.3 Å². The molecule has 8 heteroatoms. The van der Waals surface area contributed by atoms with E-state index in [0.29, 0.717) is 0 Å². The quantitative estimate of drug-likeness (QED) is 0.490. The maximum atomic E-state index is 13.4. The molecule has 0 aliphatic carbocycles. The van der Waals surface area contributed by atoms with Crippen LogP contribution in [0.25, 0.3) is 11.3 Å². The lowest BCUT2D eigenvalue weighted by molar-refractivity contribution is 0.212. The predicted octanol–water partition coefficient (Wildman–Crippen LogP) is 4.34. The SMILES string of the molecule is Cl.Fc1ccc(-c2nccnc2N2CCN(C(c3ccccc3)c3cn[nH]c3)CC2)cc1. The van der Waals surface area contributed by atoms with Crippen LogP contribution in [0.15, 0.2) is 79.4 Å². The van der Waals surface area contributed by atoms with Crippen molar-refractivity contribution in [3.63, 3.8) is 0 Å². The summed E-state index contributed by atoms with van der Waals surface area (Å²) in [6, 6.07) is 17.1. The number of aromatic amines is 1. The van der Waals surface area contributed by atoms with Crippen LogP contribution in [-0.2, 0) is 0 Å². The minimum Gasteiger partial charge on any atom is -0.352 e. The second-order valence-electron chi connectivity index (χ2n) is 7.60. The second kappa shape index (κ2) is 9.89. The van der Waals surface area contributed by atoms with E-state index in [2.05, 4.69) is 54.2 Å². The summed E-state index contributed by atoms with van der Waals surface area (Å²) in [5.74, 6) is 0.585. The van der Waals surface area contributed by atoms with E-state index in [4.69, 9.17) is 0 Å². The zero-order valence-corrected chi connectivity index (χ0v) is 18.3. The van der Waals surface area contributed by atoms with Crippen molar-refractivity contribution >= 4 is 18.2 Å². The van der Waals surface area contributed by atoms with Gasteiger partial charge in [-0.2, -0.15) is 5.10 Å². The molecule has 3 heterocycles. The molecule has 4 aromatic rings. The van der Waals surface area contributed by atoms with E-state index >= 15 is 0 Å². The van der Waals surface area contributed by atoms with Crippen molar-refractivity contribution in [3.05, 3.63) is 96.3 Å². The Morgan fingerprint density at radius 1 is 0.844 bits per heavy atom. The Kier molecular flexibility index (Phi) is 6.78. The summed E-state index contributed by atoms with van der Waals surface area (Å²) in [4.78, 5) is 13.9. The predicted molar refractivity (Wildman–Crippen MR) is 125 cm³/mol. The number of nitrogens with zero attached hydrogens (tertiary/aromatic N) is 5. The molecular weight excluding hydrogens is 427 g/mol. The van der Waals surface area contributed by atoms with Crippen LogP contribution in [0.4, 0.5) is 10.2 Å². The molecule has 32 heavy (non-hydrogen) atoms. The molecule has 0 spiro atoms. The average Bonchev–Trinajstić information content (AvgIpc) is 3.35. The van der Waals surface area contributed by atoms with Crippen LogP contribution < -0.4 is 4.90 Å². The number of hydrogen-bond acceptors (Lipinski definition) is 5. The molecule has 1 aliphatic heterocycles. The Hall–Kier alpha value is -3.29. The number of halogens is 2. The molecule has 1 atom stereocenters. The van der Waals surface area contributed by atoms with Crippen molar-refractivity contribution < 1.29 is 4.39 Å². The molecule has 1 unspecified atom stereocenters. The largest absolute Gasteiger partial charge is 0.352 e. The Labute approximate surface area is 192 Å². The van der Waals surface area contributed by atoms with E-state index in [1.54, 1.807) is 24.5 Å². The van der Waals surface area contributed by atoms with Gasteiger partial charge in [0.15, 0.2) is 5.82 Å². The number of hydrogen-bond donors (Lipinski definition) is 1. The number of piperazine rings is 1. The van der Waals surface area contributed by atoms with E-state index in [9.17, 15) is 4.39 Å². The summed E-state index contributed by atoms with van der Waals surface area (Å²) in [5.41, 5.74) is 4.06. The molecule has 6 nitrogen and oxygen atoms in total. The summed E-state index contributed by atoms with van der Waals surface area (Å²) >= 11 is 0. The number of H-pyrrole nitrogens is 1. The fourth-order valence-electron chi connectivity index (χ4n) is 4.23. The average molecular weight is 451 g/mol. The summed E-state index contributed by atoms with van der Waals surface area (Å²) in [5, 5.41) is 7.12. The van der Waals surface area contributed by atoms with Gasteiger partial charge in [-0.15, -0.1) is 12.4 Å². The molecule has 0 amide bonds. The van der Waals surface area contributed by atoms with Gasteiger partial charge in [-0.25, -0.2) is 9.37 Å². The minimum absolute atomic E-state index is 0. The van der Waals surface area contributed by atoms with Gasteiger partial charge in [0.1, 0.15) is 11.5 Å². The van der Waals surface area contributed by atoms with Crippen LogP contribution in [0.1, 0.15) is 17.2 Å². The molecule has 2 aromatic heterocycles. The molecule has 0 radical (unpaired) electrons. The minimum atomic E-state index is -0.256. The normalized spacial score (nSPS) is 15.2. The number of nitrogens with one attached hydrogen (secondary N) is 1. The number of anilines is 1. The molecule has 1 aliphatic rings. The molecule has 0 saturated carbocycles. The third-order valence-corrected chi connectivity index (χ3v) is 5.73. The molecule has 1 saturated heterocycles. The maximum absolute atomic E-state index is 13.4. The van der Waals surface area contributed by atoms with Crippen LogP contribution in [0, 0.1) is 5.82 Å². The van der Waals surface area contributed by atoms with Crippen LogP contribution >= 0.6 is 12.4 Å². The van der Waals surface area contributed by atoms with Crippen molar-refractivity contribution in [2.75, 3.05) is 31.1 Å². The lowest BCUT2D eigenvalue weighted by Gasteiger charge is -2.40. The van der Waals surface area contributed by atoms with Gasteiger partial charge in [0.05, 0.1) is 12.2 Å². The van der Waals surface area contributed by atoms with E-state index in [1.807, 2.05) is 18.5 Å². The fourth-order valence-corrected chi connectivity index (χ4v) is 4.23. The van der Waals surface area contributed by atoms with Crippen molar-refractivity contribution in [1.29, 1.82) is 0 Å². The molecule has 2 aromatic carbocycles. The van der Waals surface area contributed by atoms with Crippen LogP contribution in [0.5, 0.6) is 0 Å². The summed E-state index contributed by atoms with van der Waals surface area (Å²) in [6.07, 6.45) is 7.27. The van der Waals surface area contributed by atoms with Crippen LogP contribution in [-0.4, -0.2) is 51.2 Å². The van der Waals surface area contributed by atoms with Gasteiger partial charge in [-0.05, 0) is 29.8 Å². The lowest BCUT2D eigenvalue weighted by Crippen LogP contribution is -2.48. The fraction of sp³-hybridized carbons (Fsp3) is 0.208. The second-order valence-corrected chi connectivity index (χ2v) is 7.60. The third-order valence-electron chi connectivity index (χ3n) is 5.73. The van der Waals surface area contributed by atoms with E-state index < -0.39 is 0 Å². The highest BCUT2D eigenvalue weighted by atomic mass is 35.5. The first-order chi connectivity index (χ1) is 15.3. The van der Waals surface area contributed by atoms with Crippen LogP contribution in [0.2, 0.25) is 0 Å². The Balaban J connectivity index is 0.00000245. The Morgan fingerprint density at radius 3 is 2.25 bits per heavy atom. The highest BCUT2D eigenvalue weighted by Gasteiger charge is 2.28. The van der Waals surface area contributed by atoms with Crippen molar-refractivity contribution in [2.45, 2.75) is 6.04 Å². The number of rotatable bonds is 5. The summed E-state index contributed by atoms with van der Waals surface area (Å²) < 4.78 is 13.4. The van der Waals surface area contributed by atoms with Gasteiger partial charge in [0, 0.05) is 55.9 Å². The summed E-state index contributed by atoms with van der Waals surface area (Å²) in [7, 11) is 0. The maximum Gasteiger partial charge on any atom is 0.155 e.